The van der Waals surface area contributed by atoms with Gasteiger partial charge >= 0.3 is 18.0 Å². The largest absolute Gasteiger partial charge is 0.457 e. The zero-order valence-electron chi connectivity index (χ0n) is 35.0. The van der Waals surface area contributed by atoms with Gasteiger partial charge in [-0.1, -0.05) is 65.8 Å². The van der Waals surface area contributed by atoms with Gasteiger partial charge in [-0.3, -0.25) is 9.59 Å². The maximum Gasteiger partial charge on any atom is 0.407 e. The monoisotopic (exact) mass is 884 g/mol. The van der Waals surface area contributed by atoms with Crippen molar-refractivity contribution in [1.29, 1.82) is 0 Å². The molecular formula is C41H52N6O10S3. The first kappa shape index (κ1) is 46.2. The lowest BCUT2D eigenvalue weighted by atomic mass is 10.0. The number of carbonyl (C=O) groups excluding carboxylic acids is 5. The Labute approximate surface area is 362 Å². The van der Waals surface area contributed by atoms with Gasteiger partial charge in [-0.05, 0) is 66.5 Å². The number of nitrogens with one attached hydrogen (secondary N) is 2. The molecule has 3 heterocycles. The summed E-state index contributed by atoms with van der Waals surface area (Å²) >= 11 is 3.41. The summed E-state index contributed by atoms with van der Waals surface area (Å²) in [5.41, 5.74) is 3.90. The number of rotatable bonds is 16. The van der Waals surface area contributed by atoms with E-state index in [1.807, 2.05) is 60.7 Å². The smallest absolute Gasteiger partial charge is 0.407 e. The number of thiazole rings is 1. The van der Waals surface area contributed by atoms with Crippen molar-refractivity contribution in [2.45, 2.75) is 99.8 Å². The van der Waals surface area contributed by atoms with E-state index >= 15 is 0 Å². The molecule has 5 rings (SSSR count). The van der Waals surface area contributed by atoms with Crippen molar-refractivity contribution in [3.05, 3.63) is 82.9 Å². The second kappa shape index (κ2) is 18.8. The van der Waals surface area contributed by atoms with Crippen LogP contribution in [0.4, 0.5) is 9.93 Å². The van der Waals surface area contributed by atoms with E-state index in [1.165, 1.54) is 43.0 Å². The predicted molar refractivity (Wildman–Crippen MR) is 230 cm³/mol. The van der Waals surface area contributed by atoms with Crippen LogP contribution in [0.25, 0.3) is 0 Å². The number of ether oxygens (including phenoxy) is 4. The van der Waals surface area contributed by atoms with Gasteiger partial charge in [0.1, 0.15) is 28.3 Å². The highest BCUT2D eigenvalue weighted by molar-refractivity contribution is 8.20. The number of nitrogen functional groups attached to an aromatic ring is 1. The van der Waals surface area contributed by atoms with Crippen LogP contribution in [0.3, 0.4) is 0 Å². The number of amides is 3. The molecule has 0 radical (unpaired) electrons. The molecule has 2 saturated heterocycles. The van der Waals surface area contributed by atoms with E-state index in [-0.39, 0.29) is 35.4 Å². The molecule has 2 aliphatic heterocycles. The highest BCUT2D eigenvalue weighted by atomic mass is 32.2. The fourth-order valence-electron chi connectivity index (χ4n) is 5.90. The molecule has 60 heavy (non-hydrogen) atoms. The van der Waals surface area contributed by atoms with Crippen molar-refractivity contribution in [2.24, 2.45) is 5.16 Å². The van der Waals surface area contributed by atoms with E-state index in [9.17, 15) is 24.0 Å². The molecule has 19 heteroatoms. The quantitative estimate of drug-likeness (QED) is 0.0551. The first-order valence-corrected chi connectivity index (χ1v) is 21.8. The Kier molecular flexibility index (Phi) is 14.5. The van der Waals surface area contributed by atoms with Gasteiger partial charge in [-0.25, -0.2) is 19.4 Å². The average Bonchev–Trinajstić information content (AvgIpc) is 3.76. The van der Waals surface area contributed by atoms with Crippen LogP contribution in [0.1, 0.15) is 78.3 Å². The standard InChI is InChI=1S/C41H52N6O10S3/c1-38(2,3)55-34(50)40(7,8)57-46-28(27-22-58-36(42)44-27)31(48)45-29-32(49)47-23-41(60-33(29)47,59-21-26(20-53-9)43-37(52)56-39(4,5)6)35(51)54-30(24-16-12-10-13-17-24)25-18-14-11-15-19-25/h10-19,22,26,29-30,33H,20-21,23H2,1-9H3,(H2,42,44)(H,43,52)(H,45,48)/b46-28-/t26-,29-,33-,41-/m1/s1. The molecule has 0 aliphatic carbocycles. The molecule has 2 aliphatic rings. The summed E-state index contributed by atoms with van der Waals surface area (Å²) in [6.45, 7) is 13.3. The number of β-lactam (4-membered cyclic amide) rings is 1. The molecule has 4 atom stereocenters. The maximum absolute atomic E-state index is 14.8. The summed E-state index contributed by atoms with van der Waals surface area (Å²) in [5, 5.41) is 10.5. The number of oxime groups is 1. The third-order valence-corrected chi connectivity index (χ3v) is 12.8. The van der Waals surface area contributed by atoms with Crippen molar-refractivity contribution < 1.29 is 47.8 Å². The number of anilines is 1. The van der Waals surface area contributed by atoms with Crippen molar-refractivity contribution in [3.63, 3.8) is 0 Å². The van der Waals surface area contributed by atoms with Crippen LogP contribution in [-0.4, -0.2) is 110 Å². The number of aromatic nitrogens is 1. The van der Waals surface area contributed by atoms with Crippen molar-refractivity contribution in [1.82, 2.24) is 20.5 Å². The van der Waals surface area contributed by atoms with E-state index < -0.39 is 74.3 Å². The number of benzene rings is 2. The van der Waals surface area contributed by atoms with Gasteiger partial charge < -0.3 is 45.1 Å². The van der Waals surface area contributed by atoms with Crippen LogP contribution in [0, 0.1) is 0 Å². The summed E-state index contributed by atoms with van der Waals surface area (Å²) in [6.07, 6.45) is -1.45. The minimum absolute atomic E-state index is 0.0562. The van der Waals surface area contributed by atoms with Gasteiger partial charge in [0.05, 0.1) is 19.2 Å². The number of hydrogen-bond donors (Lipinski definition) is 3. The predicted octanol–water partition coefficient (Wildman–Crippen LogP) is 5.27. The zero-order chi connectivity index (χ0) is 44.0. The molecule has 1 aromatic heterocycles. The molecule has 16 nitrogen and oxygen atoms in total. The first-order chi connectivity index (χ1) is 28.1. The van der Waals surface area contributed by atoms with Gasteiger partial charge in [0, 0.05) is 18.2 Å². The number of alkyl carbamates (subject to hydrolysis) is 1. The number of esters is 2. The second-order valence-corrected chi connectivity index (χ2v) is 20.4. The Bertz CT molecular complexity index is 2010. The number of fused-ring (bicyclic) bond motifs is 1. The van der Waals surface area contributed by atoms with Crippen LogP contribution in [0.15, 0.2) is 71.2 Å². The van der Waals surface area contributed by atoms with Crippen molar-refractivity contribution in [2.75, 3.05) is 31.7 Å². The first-order valence-electron chi connectivity index (χ1n) is 19.0. The van der Waals surface area contributed by atoms with E-state index in [0.717, 1.165) is 34.2 Å². The summed E-state index contributed by atoms with van der Waals surface area (Å²) < 4.78 is 21.3. The number of thioether (sulfide) groups is 2. The molecule has 2 fully saturated rings. The SMILES string of the molecule is COC[C@H](CS[C@]1(C(=O)OC(c2ccccc2)c2ccccc2)CN2C(=O)[C@@H](NC(=O)/C(=N\OC(C)(C)C(=O)OC(C)(C)C)c3csc(N)n3)[C@H]2S1)NC(=O)OC(C)(C)C. The lowest BCUT2D eigenvalue weighted by Crippen LogP contribution is -2.68. The summed E-state index contributed by atoms with van der Waals surface area (Å²) in [4.78, 5) is 79.6. The maximum atomic E-state index is 14.8. The van der Waals surface area contributed by atoms with Gasteiger partial charge in [0.15, 0.2) is 21.0 Å². The van der Waals surface area contributed by atoms with Crippen LogP contribution in [-0.2, 0) is 43.0 Å². The minimum atomic E-state index is -1.61. The third kappa shape index (κ3) is 11.7. The Morgan fingerprint density at radius 3 is 2.10 bits per heavy atom. The third-order valence-electron chi connectivity index (χ3n) is 8.70. The molecule has 0 unspecified atom stereocenters. The summed E-state index contributed by atoms with van der Waals surface area (Å²) in [5.74, 6) is -2.46. The fraction of sp³-hybridized carbons (Fsp3) is 0.488. The topological polar surface area (TPSA) is 210 Å². The zero-order valence-corrected chi connectivity index (χ0v) is 37.5. The highest BCUT2D eigenvalue weighted by Gasteiger charge is 2.63. The van der Waals surface area contributed by atoms with Crippen LogP contribution in [0.5, 0.6) is 0 Å². The summed E-state index contributed by atoms with van der Waals surface area (Å²) in [6, 6.07) is 16.9. The minimum Gasteiger partial charge on any atom is -0.457 e. The highest BCUT2D eigenvalue weighted by Crippen LogP contribution is 2.54. The van der Waals surface area contributed by atoms with Crippen LogP contribution < -0.4 is 16.4 Å². The molecule has 3 aromatic rings. The van der Waals surface area contributed by atoms with Gasteiger partial charge in [-0.2, -0.15) is 0 Å². The number of nitrogens with zero attached hydrogens (tertiary/aromatic N) is 3. The second-order valence-electron chi connectivity index (χ2n) is 16.5. The van der Waals surface area contributed by atoms with Crippen molar-refractivity contribution >= 4 is 75.6 Å². The Hall–Kier alpha value is -4.85. The number of methoxy groups -OCH3 is 1. The lowest BCUT2D eigenvalue weighted by molar-refractivity contribution is -0.179. The van der Waals surface area contributed by atoms with Crippen molar-refractivity contribution in [3.8, 4) is 0 Å². The number of hydrogen-bond acceptors (Lipinski definition) is 16. The van der Waals surface area contributed by atoms with Crippen LogP contribution >= 0.6 is 34.9 Å². The molecule has 0 spiro atoms. The molecule has 2 aromatic carbocycles. The normalized spacial score (nSPS) is 19.8. The lowest BCUT2D eigenvalue weighted by Gasteiger charge is -2.41. The molecule has 0 bridgehead atoms. The molecule has 0 saturated carbocycles. The fourth-order valence-corrected chi connectivity index (χ4v) is 9.64. The Morgan fingerprint density at radius 1 is 0.967 bits per heavy atom. The van der Waals surface area contributed by atoms with E-state index in [0.29, 0.717) is 0 Å². The molecule has 3 amide bonds. The van der Waals surface area contributed by atoms with E-state index in [4.69, 9.17) is 29.5 Å². The molecular weight excluding hydrogens is 833 g/mol. The molecule has 4 N–H and O–H groups in total. The van der Waals surface area contributed by atoms with Gasteiger partial charge in [-0.15, -0.1) is 34.9 Å². The van der Waals surface area contributed by atoms with E-state index in [1.54, 1.807) is 41.5 Å². The molecule has 324 valence electrons. The average molecular weight is 885 g/mol. The Morgan fingerprint density at radius 2 is 1.57 bits per heavy atom. The van der Waals surface area contributed by atoms with Crippen LogP contribution in [0.2, 0.25) is 0 Å². The summed E-state index contributed by atoms with van der Waals surface area (Å²) in [7, 11) is 1.49. The van der Waals surface area contributed by atoms with Gasteiger partial charge in [0.2, 0.25) is 11.5 Å². The Balaban J connectivity index is 1.42. The van der Waals surface area contributed by atoms with Gasteiger partial charge in [0.25, 0.3) is 5.91 Å². The van der Waals surface area contributed by atoms with E-state index in [2.05, 4.69) is 20.8 Å². The number of nitrogens with two attached hydrogens (primary N) is 1. The number of carbonyl (C=O) groups is 5.